The number of sulfonamides is 1. The largest absolute Gasteiger partial charge is 0.465 e. The summed E-state index contributed by atoms with van der Waals surface area (Å²) in [6, 6.07) is 8.33. The fourth-order valence-corrected chi connectivity index (χ4v) is 4.55. The topological polar surface area (TPSA) is 119 Å². The van der Waals surface area contributed by atoms with Gasteiger partial charge in [-0.1, -0.05) is 0 Å². The summed E-state index contributed by atoms with van der Waals surface area (Å²) in [5.41, 5.74) is 1.31. The molecule has 0 radical (unpaired) electrons. The number of methoxy groups -OCH3 is 2. The van der Waals surface area contributed by atoms with Crippen LogP contribution in [0.15, 0.2) is 41.3 Å². The molecule has 2 aromatic carbocycles. The maximum atomic E-state index is 13.1. The predicted molar refractivity (Wildman–Crippen MR) is 113 cm³/mol. The third kappa shape index (κ3) is 4.53. The molecular formula is C21H22N2O7S. The van der Waals surface area contributed by atoms with E-state index >= 15 is 0 Å². The van der Waals surface area contributed by atoms with Crippen molar-refractivity contribution in [3.05, 3.63) is 53.1 Å². The molecule has 0 fully saturated rings. The minimum atomic E-state index is -4.11. The first-order valence-electron chi connectivity index (χ1n) is 9.42. The summed E-state index contributed by atoms with van der Waals surface area (Å²) in [5, 5.41) is 0. The van der Waals surface area contributed by atoms with Gasteiger partial charge in [-0.15, -0.1) is 0 Å². The van der Waals surface area contributed by atoms with E-state index in [0.29, 0.717) is 18.7 Å². The fraction of sp³-hybridized carbons (Fsp3) is 0.286. The van der Waals surface area contributed by atoms with Gasteiger partial charge in [-0.3, -0.25) is 9.52 Å². The number of ether oxygens (including phenoxy) is 2. The quantitative estimate of drug-likeness (QED) is 0.700. The number of hydrogen-bond acceptors (Lipinski definition) is 7. The van der Waals surface area contributed by atoms with Crippen molar-refractivity contribution in [2.75, 3.05) is 30.4 Å². The zero-order chi connectivity index (χ0) is 22.8. The highest BCUT2D eigenvalue weighted by atomic mass is 32.2. The van der Waals surface area contributed by atoms with Crippen molar-refractivity contribution in [2.24, 2.45) is 0 Å². The lowest BCUT2D eigenvalue weighted by molar-refractivity contribution is -0.116. The molecule has 0 aliphatic carbocycles. The van der Waals surface area contributed by atoms with Crippen molar-refractivity contribution in [3.63, 3.8) is 0 Å². The molecule has 164 valence electrons. The molecule has 1 aliphatic heterocycles. The second kappa shape index (κ2) is 8.76. The molecule has 0 saturated carbocycles. The summed E-state index contributed by atoms with van der Waals surface area (Å²) < 4.78 is 37.8. The van der Waals surface area contributed by atoms with E-state index in [-0.39, 0.29) is 27.6 Å². The highest BCUT2D eigenvalue weighted by Gasteiger charge is 2.25. The minimum absolute atomic E-state index is 0.0315. The summed E-state index contributed by atoms with van der Waals surface area (Å²) in [7, 11) is -1.75. The van der Waals surface area contributed by atoms with E-state index in [9.17, 15) is 22.8 Å². The average Bonchev–Trinajstić information content (AvgIpc) is 2.76. The van der Waals surface area contributed by atoms with E-state index in [1.165, 1.54) is 51.5 Å². The van der Waals surface area contributed by atoms with Crippen LogP contribution in [0.25, 0.3) is 0 Å². The number of fused-ring (bicyclic) bond motifs is 1. The number of esters is 2. The predicted octanol–water partition coefficient (Wildman–Crippen LogP) is 2.36. The second-order valence-corrected chi connectivity index (χ2v) is 8.60. The lowest BCUT2D eigenvalue weighted by Crippen LogP contribution is -2.33. The Labute approximate surface area is 180 Å². The summed E-state index contributed by atoms with van der Waals surface area (Å²) >= 11 is 0. The number of carbonyl (C=O) groups is 3. The van der Waals surface area contributed by atoms with E-state index in [0.717, 1.165) is 12.0 Å². The molecule has 0 atom stereocenters. The number of anilines is 2. The second-order valence-electron chi connectivity index (χ2n) is 6.91. The van der Waals surface area contributed by atoms with Crippen LogP contribution in [0.1, 0.15) is 39.6 Å². The summed E-state index contributed by atoms with van der Waals surface area (Å²) in [4.78, 5) is 37.4. The molecule has 1 amide bonds. The third-order valence-electron chi connectivity index (χ3n) is 4.95. The molecule has 0 aromatic heterocycles. The molecule has 0 spiro atoms. The molecule has 0 unspecified atom stereocenters. The molecule has 1 N–H and O–H groups in total. The van der Waals surface area contributed by atoms with Crippen molar-refractivity contribution >= 4 is 39.2 Å². The molecule has 3 rings (SSSR count). The monoisotopic (exact) mass is 446 g/mol. The number of rotatable bonds is 5. The van der Waals surface area contributed by atoms with Crippen LogP contribution in [-0.4, -0.2) is 47.0 Å². The Hall–Kier alpha value is -3.40. The van der Waals surface area contributed by atoms with Gasteiger partial charge in [0.2, 0.25) is 5.91 Å². The zero-order valence-electron chi connectivity index (χ0n) is 17.3. The fourth-order valence-electron chi connectivity index (χ4n) is 3.43. The number of amides is 1. The molecule has 1 heterocycles. The summed E-state index contributed by atoms with van der Waals surface area (Å²) in [5.74, 6) is -1.57. The Balaban J connectivity index is 2.01. The van der Waals surface area contributed by atoms with E-state index in [2.05, 4.69) is 9.46 Å². The van der Waals surface area contributed by atoms with Crippen LogP contribution in [0, 0.1) is 0 Å². The van der Waals surface area contributed by atoms with Gasteiger partial charge in [-0.2, -0.15) is 0 Å². The van der Waals surface area contributed by atoms with Crippen molar-refractivity contribution in [1.29, 1.82) is 0 Å². The highest BCUT2D eigenvalue weighted by molar-refractivity contribution is 7.92. The van der Waals surface area contributed by atoms with Gasteiger partial charge >= 0.3 is 11.9 Å². The summed E-state index contributed by atoms with van der Waals surface area (Å²) in [6.45, 7) is 2.04. The van der Waals surface area contributed by atoms with Crippen LogP contribution in [0.4, 0.5) is 11.4 Å². The van der Waals surface area contributed by atoms with Gasteiger partial charge in [0.05, 0.1) is 35.9 Å². The van der Waals surface area contributed by atoms with Crippen LogP contribution < -0.4 is 9.62 Å². The van der Waals surface area contributed by atoms with Gasteiger partial charge in [0.1, 0.15) is 0 Å². The Kier molecular flexibility index (Phi) is 6.30. The molecule has 0 bridgehead atoms. The molecule has 2 aromatic rings. The van der Waals surface area contributed by atoms with Crippen molar-refractivity contribution in [2.45, 2.75) is 24.7 Å². The van der Waals surface area contributed by atoms with Crippen LogP contribution >= 0.6 is 0 Å². The number of hydrogen-bond donors (Lipinski definition) is 1. The number of nitrogens with one attached hydrogen (secondary N) is 1. The number of aryl methyl sites for hydroxylation is 1. The summed E-state index contributed by atoms with van der Waals surface area (Å²) in [6.07, 6.45) is 1.35. The Bertz CT molecular complexity index is 1160. The first-order valence-corrected chi connectivity index (χ1v) is 10.9. The number of nitrogens with zero attached hydrogens (tertiary/aromatic N) is 1. The van der Waals surface area contributed by atoms with Crippen LogP contribution in [0.5, 0.6) is 0 Å². The molecule has 9 nitrogen and oxygen atoms in total. The van der Waals surface area contributed by atoms with Gasteiger partial charge in [-0.25, -0.2) is 18.0 Å². The lowest BCUT2D eigenvalue weighted by atomic mass is 10.0. The van der Waals surface area contributed by atoms with E-state index < -0.39 is 22.0 Å². The average molecular weight is 446 g/mol. The van der Waals surface area contributed by atoms with Gasteiger partial charge < -0.3 is 14.4 Å². The van der Waals surface area contributed by atoms with Crippen molar-refractivity contribution in [3.8, 4) is 0 Å². The van der Waals surface area contributed by atoms with Crippen LogP contribution in [-0.2, 0) is 30.7 Å². The van der Waals surface area contributed by atoms with Crippen molar-refractivity contribution in [1.82, 2.24) is 0 Å². The molecule has 1 aliphatic rings. The van der Waals surface area contributed by atoms with Gasteiger partial charge in [0, 0.05) is 19.2 Å². The molecule has 10 heteroatoms. The molecule has 0 saturated heterocycles. The minimum Gasteiger partial charge on any atom is -0.465 e. The maximum Gasteiger partial charge on any atom is 0.339 e. The maximum absolute atomic E-state index is 13.1. The van der Waals surface area contributed by atoms with Crippen LogP contribution in [0.3, 0.4) is 0 Å². The normalized spacial score (nSPS) is 13.2. The molecular weight excluding hydrogens is 424 g/mol. The first kappa shape index (κ1) is 22.3. The van der Waals surface area contributed by atoms with E-state index in [1.54, 1.807) is 11.0 Å². The van der Waals surface area contributed by atoms with Gasteiger partial charge in [0.15, 0.2) is 0 Å². The smallest absolute Gasteiger partial charge is 0.339 e. The Morgan fingerprint density at radius 2 is 1.71 bits per heavy atom. The molecule has 31 heavy (non-hydrogen) atoms. The van der Waals surface area contributed by atoms with Crippen molar-refractivity contribution < 1.29 is 32.3 Å². The van der Waals surface area contributed by atoms with E-state index in [1.807, 2.05) is 0 Å². The SMILES string of the molecule is COC(=O)c1ccc(C(=O)OC)c(NS(=O)(=O)c2ccc3c(c2)CCCN3C(C)=O)c1. The number of benzene rings is 2. The Morgan fingerprint density at radius 1 is 1.00 bits per heavy atom. The lowest BCUT2D eigenvalue weighted by Gasteiger charge is -2.28. The Morgan fingerprint density at radius 3 is 2.35 bits per heavy atom. The highest BCUT2D eigenvalue weighted by Crippen LogP contribution is 2.31. The standard InChI is InChI=1S/C21H22N2O7S/c1-13(24)23-10-4-5-14-11-16(7-9-19(14)23)31(27,28)22-18-12-15(20(25)29-2)6-8-17(18)21(26)30-3/h6-9,11-12,22H,4-5,10H2,1-3H3. The first-order chi connectivity index (χ1) is 14.7. The zero-order valence-corrected chi connectivity index (χ0v) is 18.1. The number of carbonyl (C=O) groups excluding carboxylic acids is 3. The van der Waals surface area contributed by atoms with Gasteiger partial charge in [-0.05, 0) is 54.8 Å². The van der Waals surface area contributed by atoms with Crippen LogP contribution in [0.2, 0.25) is 0 Å². The van der Waals surface area contributed by atoms with E-state index in [4.69, 9.17) is 4.74 Å². The van der Waals surface area contributed by atoms with Gasteiger partial charge in [0.25, 0.3) is 10.0 Å². The third-order valence-corrected chi connectivity index (χ3v) is 6.31.